The Kier molecular flexibility index (Phi) is 6.88. The molecule has 1 amide bonds. The predicted octanol–water partition coefficient (Wildman–Crippen LogP) is 3.93. The third kappa shape index (κ3) is 5.17. The summed E-state index contributed by atoms with van der Waals surface area (Å²) in [6.45, 7) is 1.21. The first-order valence-electron chi connectivity index (χ1n) is 10.5. The minimum atomic E-state index is -3.75. The number of benzene rings is 2. The molecule has 4 rings (SSSR count). The van der Waals surface area contributed by atoms with Gasteiger partial charge in [0.15, 0.2) is 5.75 Å². The van der Waals surface area contributed by atoms with E-state index in [0.717, 1.165) is 12.8 Å². The fourth-order valence-electron chi connectivity index (χ4n) is 3.69. The molecule has 0 spiro atoms. The summed E-state index contributed by atoms with van der Waals surface area (Å²) >= 11 is 0. The van der Waals surface area contributed by atoms with Crippen molar-refractivity contribution >= 4 is 21.6 Å². The second-order valence-electron chi connectivity index (χ2n) is 7.70. The Morgan fingerprint density at radius 2 is 1.84 bits per heavy atom. The van der Waals surface area contributed by atoms with Crippen LogP contribution in [-0.4, -0.2) is 44.9 Å². The van der Waals surface area contributed by atoms with E-state index >= 15 is 0 Å². The van der Waals surface area contributed by atoms with Gasteiger partial charge in [-0.1, -0.05) is 12.2 Å². The van der Waals surface area contributed by atoms with Crippen LogP contribution >= 0.6 is 0 Å². The smallest absolute Gasteiger partial charge is 0.243 e. The van der Waals surface area contributed by atoms with Gasteiger partial charge in [-0.25, -0.2) is 12.8 Å². The lowest BCUT2D eigenvalue weighted by Crippen LogP contribution is -2.40. The minimum Gasteiger partial charge on any atom is -0.455 e. The van der Waals surface area contributed by atoms with E-state index < -0.39 is 15.8 Å². The van der Waals surface area contributed by atoms with Crippen molar-refractivity contribution in [2.75, 3.05) is 31.6 Å². The van der Waals surface area contributed by atoms with E-state index in [9.17, 15) is 17.6 Å². The number of allylic oxidation sites excluding steroid dienone is 2. The van der Waals surface area contributed by atoms with Gasteiger partial charge in [-0.15, -0.1) is 0 Å². The molecule has 1 heterocycles. The SMILES string of the molecule is O=C(Nc1cc(S(=O)(=O)N2CCOCC2)ccc1Oc1ccc(F)cc1)C1CC=CCC1. The summed E-state index contributed by atoms with van der Waals surface area (Å²) in [4.78, 5) is 12.9. The Balaban J connectivity index is 1.64. The number of morpholine rings is 1. The number of anilines is 1. The Morgan fingerprint density at radius 1 is 1.09 bits per heavy atom. The van der Waals surface area contributed by atoms with Crippen LogP contribution in [0.25, 0.3) is 0 Å². The van der Waals surface area contributed by atoms with Crippen molar-refractivity contribution in [3.8, 4) is 11.5 Å². The molecule has 0 saturated carbocycles. The molecule has 1 atom stereocenters. The Labute approximate surface area is 186 Å². The summed E-state index contributed by atoms with van der Waals surface area (Å²) in [5.41, 5.74) is 0.253. The highest BCUT2D eigenvalue weighted by atomic mass is 32.2. The van der Waals surface area contributed by atoms with E-state index in [1.54, 1.807) is 0 Å². The van der Waals surface area contributed by atoms with Crippen molar-refractivity contribution in [1.29, 1.82) is 0 Å². The van der Waals surface area contributed by atoms with Crippen molar-refractivity contribution in [3.05, 3.63) is 60.4 Å². The quantitative estimate of drug-likeness (QED) is 0.661. The number of nitrogens with zero attached hydrogens (tertiary/aromatic N) is 1. The molecular formula is C23H25FN2O5S. The second-order valence-corrected chi connectivity index (χ2v) is 9.64. The van der Waals surface area contributed by atoms with Gasteiger partial charge >= 0.3 is 0 Å². The lowest BCUT2D eigenvalue weighted by atomic mass is 9.93. The van der Waals surface area contributed by atoms with Crippen LogP contribution in [0, 0.1) is 11.7 Å². The molecule has 2 aromatic rings. The van der Waals surface area contributed by atoms with Gasteiger partial charge in [0.05, 0.1) is 23.8 Å². The largest absolute Gasteiger partial charge is 0.455 e. The molecule has 1 aliphatic carbocycles. The number of rotatable bonds is 6. The van der Waals surface area contributed by atoms with Crippen molar-refractivity contribution in [2.45, 2.75) is 24.2 Å². The highest BCUT2D eigenvalue weighted by molar-refractivity contribution is 7.89. The maximum atomic E-state index is 13.2. The fraction of sp³-hybridized carbons (Fsp3) is 0.348. The zero-order chi connectivity index (χ0) is 22.6. The summed E-state index contributed by atoms with van der Waals surface area (Å²) in [6, 6.07) is 9.82. The number of hydrogen-bond acceptors (Lipinski definition) is 5. The van der Waals surface area contributed by atoms with E-state index in [4.69, 9.17) is 9.47 Å². The van der Waals surface area contributed by atoms with E-state index in [-0.39, 0.29) is 41.2 Å². The van der Waals surface area contributed by atoms with Gasteiger partial charge in [-0.05, 0) is 61.7 Å². The third-order valence-electron chi connectivity index (χ3n) is 5.50. The molecule has 0 bridgehead atoms. The van der Waals surface area contributed by atoms with Gasteiger partial charge in [-0.3, -0.25) is 4.79 Å². The van der Waals surface area contributed by atoms with Crippen LogP contribution < -0.4 is 10.1 Å². The van der Waals surface area contributed by atoms with Crippen molar-refractivity contribution in [1.82, 2.24) is 4.31 Å². The normalized spacial score (nSPS) is 19.5. The van der Waals surface area contributed by atoms with Gasteiger partial charge in [0.1, 0.15) is 11.6 Å². The topological polar surface area (TPSA) is 84.9 Å². The van der Waals surface area contributed by atoms with Crippen LogP contribution in [0.5, 0.6) is 11.5 Å². The Bertz CT molecular complexity index is 1100. The standard InChI is InChI=1S/C23H25FN2O5S/c24-18-6-8-19(9-7-18)31-22-11-10-20(32(28,29)26-12-14-30-15-13-26)16-21(22)25-23(27)17-4-2-1-3-5-17/h1-2,6-11,16-17H,3-5,12-15H2,(H,25,27). The van der Waals surface area contributed by atoms with E-state index in [2.05, 4.69) is 5.32 Å². The third-order valence-corrected chi connectivity index (χ3v) is 7.39. The van der Waals surface area contributed by atoms with E-state index in [0.29, 0.717) is 25.4 Å². The summed E-state index contributed by atoms with van der Waals surface area (Å²) in [5, 5.41) is 2.85. The highest BCUT2D eigenvalue weighted by Gasteiger charge is 2.28. The summed E-state index contributed by atoms with van der Waals surface area (Å²) in [6.07, 6.45) is 6.20. The number of carbonyl (C=O) groups is 1. The molecule has 1 fully saturated rings. The molecular weight excluding hydrogens is 435 g/mol. The van der Waals surface area contributed by atoms with E-state index in [1.165, 1.54) is 46.8 Å². The molecule has 2 aromatic carbocycles. The van der Waals surface area contributed by atoms with Crippen LogP contribution in [0.3, 0.4) is 0 Å². The number of ether oxygens (including phenoxy) is 2. The minimum absolute atomic E-state index is 0.0599. The highest BCUT2D eigenvalue weighted by Crippen LogP contribution is 2.34. The number of amides is 1. The molecule has 170 valence electrons. The van der Waals surface area contributed by atoms with Crippen molar-refractivity contribution in [3.63, 3.8) is 0 Å². The maximum absolute atomic E-state index is 13.2. The molecule has 0 aromatic heterocycles. The zero-order valence-corrected chi connectivity index (χ0v) is 18.3. The van der Waals surface area contributed by atoms with Gasteiger partial charge in [0.25, 0.3) is 0 Å². The molecule has 32 heavy (non-hydrogen) atoms. The molecule has 1 saturated heterocycles. The molecule has 2 aliphatic rings. The molecule has 1 N–H and O–H groups in total. The van der Waals surface area contributed by atoms with Crippen molar-refractivity contribution < 1.29 is 27.1 Å². The lowest BCUT2D eigenvalue weighted by Gasteiger charge is -2.26. The Hall–Kier alpha value is -2.75. The average molecular weight is 461 g/mol. The molecule has 1 unspecified atom stereocenters. The summed E-state index contributed by atoms with van der Waals surface area (Å²) in [5.74, 6) is -0.149. The molecule has 7 nitrogen and oxygen atoms in total. The lowest BCUT2D eigenvalue weighted by molar-refractivity contribution is -0.120. The monoisotopic (exact) mass is 460 g/mol. The van der Waals surface area contributed by atoms with Gasteiger partial charge in [-0.2, -0.15) is 4.31 Å². The van der Waals surface area contributed by atoms with Crippen LogP contribution in [0.15, 0.2) is 59.5 Å². The molecule has 9 heteroatoms. The van der Waals surface area contributed by atoms with Crippen molar-refractivity contribution in [2.24, 2.45) is 5.92 Å². The number of carbonyl (C=O) groups excluding carboxylic acids is 1. The van der Waals surface area contributed by atoms with Crippen LogP contribution in [0.2, 0.25) is 0 Å². The number of sulfonamides is 1. The number of hydrogen-bond donors (Lipinski definition) is 1. The first-order chi connectivity index (χ1) is 15.4. The predicted molar refractivity (Wildman–Crippen MR) is 118 cm³/mol. The Morgan fingerprint density at radius 3 is 2.53 bits per heavy atom. The van der Waals surface area contributed by atoms with Gasteiger partial charge < -0.3 is 14.8 Å². The second kappa shape index (κ2) is 9.81. The van der Waals surface area contributed by atoms with Crippen LogP contribution in [0.1, 0.15) is 19.3 Å². The van der Waals surface area contributed by atoms with Gasteiger partial charge in [0.2, 0.25) is 15.9 Å². The van der Waals surface area contributed by atoms with Gasteiger partial charge in [0, 0.05) is 19.0 Å². The van der Waals surface area contributed by atoms with E-state index in [1.807, 2.05) is 12.2 Å². The summed E-state index contributed by atoms with van der Waals surface area (Å²) in [7, 11) is -3.75. The average Bonchev–Trinajstić information content (AvgIpc) is 2.82. The summed E-state index contributed by atoms with van der Waals surface area (Å²) < 4.78 is 51.9. The molecule has 1 aliphatic heterocycles. The first kappa shape index (κ1) is 22.4. The molecule has 0 radical (unpaired) electrons. The fourth-order valence-corrected chi connectivity index (χ4v) is 5.12. The number of nitrogens with one attached hydrogen (secondary N) is 1. The van der Waals surface area contributed by atoms with Crippen LogP contribution in [0.4, 0.5) is 10.1 Å². The first-order valence-corrected chi connectivity index (χ1v) is 12.0. The number of halogens is 1. The zero-order valence-electron chi connectivity index (χ0n) is 17.5. The van der Waals surface area contributed by atoms with Crippen LogP contribution in [-0.2, 0) is 19.6 Å². The maximum Gasteiger partial charge on any atom is 0.243 e.